The lowest BCUT2D eigenvalue weighted by molar-refractivity contribution is 0.826. The van der Waals surface area contributed by atoms with Crippen molar-refractivity contribution in [2.75, 3.05) is 23.3 Å². The van der Waals surface area contributed by atoms with Gasteiger partial charge in [-0.25, -0.2) is 0 Å². The monoisotopic (exact) mass is 257 g/mol. The zero-order chi connectivity index (χ0) is 13.7. The lowest BCUT2D eigenvalue weighted by Crippen LogP contribution is -2.23. The first-order valence-electron chi connectivity index (χ1n) is 6.51. The van der Waals surface area contributed by atoms with Crippen molar-refractivity contribution in [3.05, 3.63) is 36.0 Å². The molecule has 100 valence electrons. The van der Waals surface area contributed by atoms with E-state index in [1.54, 1.807) is 6.20 Å². The number of hydrogen-bond acceptors (Lipinski definition) is 5. The molecule has 5 nitrogen and oxygen atoms in total. The lowest BCUT2D eigenvalue weighted by atomic mass is 10.2. The van der Waals surface area contributed by atoms with Crippen LogP contribution in [0.5, 0.6) is 0 Å². The zero-order valence-corrected chi connectivity index (χ0v) is 11.6. The number of aryl methyl sites for hydroxylation is 1. The van der Waals surface area contributed by atoms with E-state index in [0.29, 0.717) is 5.95 Å². The molecule has 0 bridgehead atoms. The fraction of sp³-hybridized carbons (Fsp3) is 0.357. The highest BCUT2D eigenvalue weighted by Crippen LogP contribution is 2.15. The second-order valence-corrected chi connectivity index (χ2v) is 4.30. The van der Waals surface area contributed by atoms with Gasteiger partial charge in [-0.3, -0.25) is 0 Å². The van der Waals surface area contributed by atoms with E-state index in [9.17, 15) is 0 Å². The summed E-state index contributed by atoms with van der Waals surface area (Å²) in [6.45, 7) is 8.05. The van der Waals surface area contributed by atoms with Crippen molar-refractivity contribution < 1.29 is 0 Å². The summed E-state index contributed by atoms with van der Waals surface area (Å²) >= 11 is 0. The van der Waals surface area contributed by atoms with Crippen LogP contribution in [0.25, 0.3) is 0 Å². The van der Waals surface area contributed by atoms with Gasteiger partial charge in [-0.1, -0.05) is 17.7 Å². The Balaban J connectivity index is 2.17. The number of nitrogens with one attached hydrogen (secondary N) is 1. The molecule has 0 atom stereocenters. The lowest BCUT2D eigenvalue weighted by Gasteiger charge is -2.19. The van der Waals surface area contributed by atoms with Gasteiger partial charge < -0.3 is 10.2 Å². The third kappa shape index (κ3) is 3.40. The molecule has 0 saturated carbocycles. The van der Waals surface area contributed by atoms with Gasteiger partial charge in [-0.2, -0.15) is 10.1 Å². The number of rotatable bonds is 5. The highest BCUT2D eigenvalue weighted by Gasteiger charge is 2.06. The van der Waals surface area contributed by atoms with E-state index < -0.39 is 0 Å². The molecule has 2 rings (SSSR count). The van der Waals surface area contributed by atoms with E-state index >= 15 is 0 Å². The molecular weight excluding hydrogens is 238 g/mol. The van der Waals surface area contributed by atoms with E-state index in [1.165, 1.54) is 5.56 Å². The number of anilines is 3. The number of nitrogens with zero attached hydrogens (tertiary/aromatic N) is 4. The molecule has 1 heterocycles. The molecule has 1 aromatic carbocycles. The van der Waals surface area contributed by atoms with Crippen molar-refractivity contribution in [3.63, 3.8) is 0 Å². The van der Waals surface area contributed by atoms with Crippen LogP contribution < -0.4 is 10.2 Å². The van der Waals surface area contributed by atoms with Crippen LogP contribution in [0.3, 0.4) is 0 Å². The van der Waals surface area contributed by atoms with Crippen LogP contribution in [0.2, 0.25) is 0 Å². The van der Waals surface area contributed by atoms with Crippen molar-refractivity contribution in [3.8, 4) is 0 Å². The van der Waals surface area contributed by atoms with E-state index in [0.717, 1.165) is 24.6 Å². The highest BCUT2D eigenvalue weighted by molar-refractivity contribution is 5.54. The summed E-state index contributed by atoms with van der Waals surface area (Å²) in [5.41, 5.74) is 2.19. The summed E-state index contributed by atoms with van der Waals surface area (Å²) in [5, 5.41) is 11.2. The van der Waals surface area contributed by atoms with Crippen molar-refractivity contribution in [1.82, 2.24) is 15.2 Å². The van der Waals surface area contributed by atoms with Crippen LogP contribution in [-0.4, -0.2) is 28.3 Å². The molecule has 0 unspecified atom stereocenters. The van der Waals surface area contributed by atoms with Gasteiger partial charge in [0.15, 0.2) is 5.82 Å². The maximum absolute atomic E-state index is 4.47. The molecule has 1 N–H and O–H groups in total. The van der Waals surface area contributed by atoms with Gasteiger partial charge in [0.25, 0.3) is 0 Å². The molecule has 0 spiro atoms. The molecule has 0 amide bonds. The highest BCUT2D eigenvalue weighted by atomic mass is 15.3. The Morgan fingerprint density at radius 2 is 1.79 bits per heavy atom. The Bertz CT molecular complexity index is 520. The van der Waals surface area contributed by atoms with Crippen LogP contribution in [0.15, 0.2) is 30.5 Å². The average molecular weight is 257 g/mol. The fourth-order valence-corrected chi connectivity index (χ4v) is 1.81. The molecule has 0 aliphatic heterocycles. The van der Waals surface area contributed by atoms with Crippen LogP contribution in [0.4, 0.5) is 17.5 Å². The molecule has 0 radical (unpaired) electrons. The Morgan fingerprint density at radius 3 is 2.42 bits per heavy atom. The third-order valence-electron chi connectivity index (χ3n) is 2.94. The largest absolute Gasteiger partial charge is 0.356 e. The van der Waals surface area contributed by atoms with Gasteiger partial charge in [0.2, 0.25) is 5.95 Å². The van der Waals surface area contributed by atoms with Crippen molar-refractivity contribution >= 4 is 17.5 Å². The Morgan fingerprint density at radius 1 is 1.11 bits per heavy atom. The second kappa shape index (κ2) is 6.13. The van der Waals surface area contributed by atoms with E-state index in [1.807, 2.05) is 24.3 Å². The first-order chi connectivity index (χ1) is 9.22. The minimum absolute atomic E-state index is 0.522. The summed E-state index contributed by atoms with van der Waals surface area (Å²) < 4.78 is 0. The standard InChI is InChI=1S/C14H19N5/c1-4-19(5-2)13-10-15-18-14(17-13)16-12-8-6-11(3)7-9-12/h6-10H,4-5H2,1-3H3,(H,16,17,18). The topological polar surface area (TPSA) is 53.9 Å². The maximum Gasteiger partial charge on any atom is 0.249 e. The molecule has 5 heteroatoms. The summed E-state index contributed by atoms with van der Waals surface area (Å²) in [4.78, 5) is 6.61. The van der Waals surface area contributed by atoms with Gasteiger partial charge in [-0.15, -0.1) is 5.10 Å². The van der Waals surface area contributed by atoms with Crippen LogP contribution in [-0.2, 0) is 0 Å². The minimum atomic E-state index is 0.522. The summed E-state index contributed by atoms with van der Waals surface area (Å²) in [6, 6.07) is 8.10. The Labute approximate surface area is 113 Å². The predicted octanol–water partition coefficient (Wildman–Crippen LogP) is 2.77. The Kier molecular flexibility index (Phi) is 4.28. The molecule has 0 saturated heterocycles. The van der Waals surface area contributed by atoms with Gasteiger partial charge in [-0.05, 0) is 32.9 Å². The molecule has 0 aliphatic rings. The fourth-order valence-electron chi connectivity index (χ4n) is 1.81. The molecule has 1 aromatic heterocycles. The van der Waals surface area contributed by atoms with E-state index in [2.05, 4.69) is 46.2 Å². The second-order valence-electron chi connectivity index (χ2n) is 4.30. The van der Waals surface area contributed by atoms with Crippen molar-refractivity contribution in [2.45, 2.75) is 20.8 Å². The SMILES string of the molecule is CCN(CC)c1cnnc(Nc2ccc(C)cc2)n1. The van der Waals surface area contributed by atoms with Gasteiger partial charge in [0, 0.05) is 18.8 Å². The molecule has 2 aromatic rings. The summed E-state index contributed by atoms with van der Waals surface area (Å²) in [7, 11) is 0. The normalized spacial score (nSPS) is 10.3. The maximum atomic E-state index is 4.47. The predicted molar refractivity (Wildman–Crippen MR) is 77.8 cm³/mol. The number of hydrogen-bond donors (Lipinski definition) is 1. The first-order valence-corrected chi connectivity index (χ1v) is 6.51. The van der Waals surface area contributed by atoms with Gasteiger partial charge in [0.05, 0.1) is 6.20 Å². The quantitative estimate of drug-likeness (QED) is 0.892. The minimum Gasteiger partial charge on any atom is -0.356 e. The van der Waals surface area contributed by atoms with Crippen molar-refractivity contribution in [2.24, 2.45) is 0 Å². The summed E-state index contributed by atoms with van der Waals surface area (Å²) in [5.74, 6) is 1.36. The molecule has 0 fully saturated rings. The third-order valence-corrected chi connectivity index (χ3v) is 2.94. The van der Waals surface area contributed by atoms with Crippen molar-refractivity contribution in [1.29, 1.82) is 0 Å². The molecule has 0 aliphatic carbocycles. The molecular formula is C14H19N5. The van der Waals surface area contributed by atoms with E-state index in [4.69, 9.17) is 0 Å². The van der Waals surface area contributed by atoms with Gasteiger partial charge in [0.1, 0.15) is 0 Å². The smallest absolute Gasteiger partial charge is 0.249 e. The van der Waals surface area contributed by atoms with Crippen LogP contribution in [0, 0.1) is 6.92 Å². The zero-order valence-electron chi connectivity index (χ0n) is 11.6. The van der Waals surface area contributed by atoms with E-state index in [-0.39, 0.29) is 0 Å². The number of benzene rings is 1. The van der Waals surface area contributed by atoms with Crippen LogP contribution >= 0.6 is 0 Å². The Hall–Kier alpha value is -2.17. The average Bonchev–Trinajstić information content (AvgIpc) is 2.43. The first kappa shape index (κ1) is 13.3. The number of aromatic nitrogens is 3. The summed E-state index contributed by atoms with van der Waals surface area (Å²) in [6.07, 6.45) is 1.69. The molecule has 19 heavy (non-hydrogen) atoms. The van der Waals surface area contributed by atoms with Crippen LogP contribution in [0.1, 0.15) is 19.4 Å². The van der Waals surface area contributed by atoms with Gasteiger partial charge >= 0.3 is 0 Å².